The number of carboxylic acids is 1. The van der Waals surface area contributed by atoms with Gasteiger partial charge in [0.25, 0.3) is 0 Å². The molecule has 1 aliphatic rings. The molecule has 4 heterocycles. The van der Waals surface area contributed by atoms with Crippen LogP contribution in [0.15, 0.2) is 36.8 Å². The number of carboxylic acid groups (broad SMARTS) is 1. The maximum Gasteiger partial charge on any atom is 0.389 e. The average molecular weight is 463 g/mol. The zero-order valence-electron chi connectivity index (χ0n) is 17.3. The highest BCUT2D eigenvalue weighted by Crippen LogP contribution is 2.27. The maximum absolute atomic E-state index is 12.4. The van der Waals surface area contributed by atoms with Gasteiger partial charge >= 0.3 is 12.1 Å². The van der Waals surface area contributed by atoms with Gasteiger partial charge in [-0.2, -0.15) is 23.3 Å². The van der Waals surface area contributed by atoms with E-state index in [-0.39, 0.29) is 19.0 Å². The molecule has 1 aliphatic heterocycles. The molecule has 1 amide bonds. The Labute approximate surface area is 185 Å². The first-order valence-electron chi connectivity index (χ1n) is 10.1. The van der Waals surface area contributed by atoms with E-state index < -0.39 is 30.9 Å². The summed E-state index contributed by atoms with van der Waals surface area (Å²) in [6.07, 6.45) is 0.987. The number of rotatable bonds is 7. The lowest BCUT2D eigenvalue weighted by atomic mass is 10.00. The van der Waals surface area contributed by atoms with E-state index in [2.05, 4.69) is 20.5 Å². The first-order valence-corrected chi connectivity index (χ1v) is 10.1. The topological polar surface area (TPSA) is 118 Å². The molecule has 0 radical (unpaired) electrons. The fraction of sp³-hybridized carbons (Fsp3) is 0.350. The molecular formula is C20H20F3N7O3. The zero-order chi connectivity index (χ0) is 23.6. The van der Waals surface area contributed by atoms with Crippen LogP contribution in [0, 0.1) is 0 Å². The lowest BCUT2D eigenvalue weighted by molar-refractivity contribution is -0.148. The van der Waals surface area contributed by atoms with Crippen LogP contribution in [0.25, 0.3) is 11.2 Å². The van der Waals surface area contributed by atoms with Gasteiger partial charge in [-0.1, -0.05) is 6.08 Å². The predicted octanol–water partition coefficient (Wildman–Crippen LogP) is 2.71. The van der Waals surface area contributed by atoms with Gasteiger partial charge in [-0.25, -0.2) is 4.52 Å². The number of nitrogens with zero attached hydrogens (tertiary/aromatic N) is 6. The Kier molecular flexibility index (Phi) is 6.03. The van der Waals surface area contributed by atoms with E-state index in [0.717, 1.165) is 11.1 Å². The molecule has 33 heavy (non-hydrogen) atoms. The minimum atomic E-state index is -4.35. The quantitative estimate of drug-likeness (QED) is 0.553. The van der Waals surface area contributed by atoms with E-state index in [9.17, 15) is 22.8 Å². The Morgan fingerprint density at radius 3 is 2.79 bits per heavy atom. The number of nitrogens with one attached hydrogen (secondary N) is 1. The summed E-state index contributed by atoms with van der Waals surface area (Å²) >= 11 is 0. The van der Waals surface area contributed by atoms with Gasteiger partial charge in [0, 0.05) is 37.5 Å². The number of carbonyl (C=O) groups is 2. The number of anilines is 2. The first kappa shape index (κ1) is 22.3. The van der Waals surface area contributed by atoms with Crippen molar-refractivity contribution in [3.8, 4) is 0 Å². The summed E-state index contributed by atoms with van der Waals surface area (Å²) in [5.74, 6) is -1.24. The molecule has 0 bridgehead atoms. The van der Waals surface area contributed by atoms with Crippen molar-refractivity contribution in [1.82, 2.24) is 29.3 Å². The van der Waals surface area contributed by atoms with Crippen LogP contribution in [0.5, 0.6) is 0 Å². The number of pyridine rings is 1. The van der Waals surface area contributed by atoms with Crippen molar-refractivity contribution in [2.24, 2.45) is 0 Å². The van der Waals surface area contributed by atoms with Crippen LogP contribution in [0.3, 0.4) is 0 Å². The van der Waals surface area contributed by atoms with Crippen molar-refractivity contribution >= 4 is 34.7 Å². The number of carbonyl (C=O) groups excluding carboxylic acids is 1. The molecule has 3 aromatic rings. The molecule has 10 nitrogen and oxygen atoms in total. The number of hydrogen-bond acceptors (Lipinski definition) is 6. The summed E-state index contributed by atoms with van der Waals surface area (Å²) in [6.45, 7) is 0.287. The molecule has 0 aromatic carbocycles. The minimum Gasteiger partial charge on any atom is -0.480 e. The molecule has 13 heteroatoms. The summed E-state index contributed by atoms with van der Waals surface area (Å²) in [5, 5.41) is 20.1. The van der Waals surface area contributed by atoms with Gasteiger partial charge in [-0.3, -0.25) is 14.3 Å². The second-order valence-electron chi connectivity index (χ2n) is 7.51. The van der Waals surface area contributed by atoms with Crippen molar-refractivity contribution in [3.63, 3.8) is 0 Å². The summed E-state index contributed by atoms with van der Waals surface area (Å²) in [6, 6.07) is 3.67. The van der Waals surface area contributed by atoms with Crippen LogP contribution in [0.4, 0.5) is 24.8 Å². The molecule has 2 N–H and O–H groups in total. The molecule has 174 valence electrons. The van der Waals surface area contributed by atoms with Gasteiger partial charge in [0.2, 0.25) is 11.9 Å². The van der Waals surface area contributed by atoms with E-state index in [1.54, 1.807) is 16.8 Å². The summed E-state index contributed by atoms with van der Waals surface area (Å²) < 4.78 is 40.0. The highest BCUT2D eigenvalue weighted by Gasteiger charge is 2.29. The van der Waals surface area contributed by atoms with E-state index in [4.69, 9.17) is 5.11 Å². The Morgan fingerprint density at radius 1 is 1.27 bits per heavy atom. The molecule has 0 spiro atoms. The highest BCUT2D eigenvalue weighted by atomic mass is 19.4. The van der Waals surface area contributed by atoms with Crippen molar-refractivity contribution in [3.05, 3.63) is 42.4 Å². The Balaban J connectivity index is 1.47. The van der Waals surface area contributed by atoms with Crippen LogP contribution < -0.4 is 5.32 Å². The highest BCUT2D eigenvalue weighted by molar-refractivity contribution is 5.81. The second kappa shape index (κ2) is 8.92. The molecule has 0 saturated heterocycles. The smallest absolute Gasteiger partial charge is 0.389 e. The van der Waals surface area contributed by atoms with Gasteiger partial charge in [-0.15, -0.1) is 5.10 Å². The van der Waals surface area contributed by atoms with Gasteiger partial charge in [-0.05, 0) is 24.1 Å². The third kappa shape index (κ3) is 5.48. The van der Waals surface area contributed by atoms with Gasteiger partial charge in [0.15, 0.2) is 5.65 Å². The number of amides is 1. The third-order valence-electron chi connectivity index (χ3n) is 5.08. The van der Waals surface area contributed by atoms with Crippen molar-refractivity contribution < 1.29 is 27.9 Å². The van der Waals surface area contributed by atoms with Gasteiger partial charge in [0.1, 0.15) is 6.54 Å². The standard InChI is InChI=1S/C20H20F3N7O3/c21-20(22,23)6-3-16(31)28-8-4-13(5-9-28)15-2-1-7-30-18(15)26-19(27-30)25-14-10-24-29(11-14)12-17(32)33/h1-2,4,7,10-11H,3,5-6,8-9,12H2,(H,25,27)(H,32,33). The first-order chi connectivity index (χ1) is 15.7. The molecule has 4 rings (SSSR count). The number of aromatic nitrogens is 5. The summed E-state index contributed by atoms with van der Waals surface area (Å²) in [4.78, 5) is 28.8. The fourth-order valence-corrected chi connectivity index (χ4v) is 3.54. The number of halogens is 3. The van der Waals surface area contributed by atoms with Gasteiger partial charge < -0.3 is 15.3 Å². The Hall–Kier alpha value is -3.90. The predicted molar refractivity (Wildman–Crippen MR) is 111 cm³/mol. The lowest BCUT2D eigenvalue weighted by Crippen LogP contribution is -2.35. The van der Waals surface area contributed by atoms with Crippen molar-refractivity contribution in [2.75, 3.05) is 18.4 Å². The van der Waals surface area contributed by atoms with E-state index in [1.165, 1.54) is 22.0 Å². The van der Waals surface area contributed by atoms with Crippen LogP contribution in [0.1, 0.15) is 24.8 Å². The lowest BCUT2D eigenvalue weighted by Gasteiger charge is -2.27. The number of hydrogen-bond donors (Lipinski definition) is 2. The Morgan fingerprint density at radius 2 is 2.09 bits per heavy atom. The average Bonchev–Trinajstić information content (AvgIpc) is 3.37. The van der Waals surface area contributed by atoms with Crippen LogP contribution in [-0.4, -0.2) is 65.5 Å². The summed E-state index contributed by atoms with van der Waals surface area (Å²) in [5.41, 5.74) is 2.83. The SMILES string of the molecule is O=C(O)Cn1cc(Nc2nc3c(C4=CCN(C(=O)CCC(F)(F)F)CC4)cccn3n2)cn1. The van der Waals surface area contributed by atoms with Crippen LogP contribution in [0.2, 0.25) is 0 Å². The largest absolute Gasteiger partial charge is 0.480 e. The van der Waals surface area contributed by atoms with E-state index in [1.807, 2.05) is 12.1 Å². The molecule has 0 saturated carbocycles. The Bertz CT molecular complexity index is 1220. The van der Waals surface area contributed by atoms with E-state index >= 15 is 0 Å². The fourth-order valence-electron chi connectivity index (χ4n) is 3.54. The summed E-state index contributed by atoms with van der Waals surface area (Å²) in [7, 11) is 0. The van der Waals surface area contributed by atoms with Gasteiger partial charge in [0.05, 0.1) is 18.3 Å². The zero-order valence-corrected chi connectivity index (χ0v) is 17.3. The number of alkyl halides is 3. The molecule has 0 atom stereocenters. The molecule has 0 fully saturated rings. The number of aliphatic carboxylic acids is 1. The number of fused-ring (bicyclic) bond motifs is 1. The van der Waals surface area contributed by atoms with Crippen molar-refractivity contribution in [1.29, 1.82) is 0 Å². The normalized spacial score (nSPS) is 14.4. The van der Waals surface area contributed by atoms with Crippen molar-refractivity contribution in [2.45, 2.75) is 32.0 Å². The monoisotopic (exact) mass is 463 g/mol. The minimum absolute atomic E-state index is 0.231. The maximum atomic E-state index is 12.4. The molecule has 0 unspecified atom stereocenters. The molecule has 3 aromatic heterocycles. The molecule has 0 aliphatic carbocycles. The van der Waals surface area contributed by atoms with E-state index in [0.29, 0.717) is 24.3 Å². The third-order valence-corrected chi connectivity index (χ3v) is 5.08. The second-order valence-corrected chi connectivity index (χ2v) is 7.51. The van der Waals surface area contributed by atoms with Crippen LogP contribution in [-0.2, 0) is 16.1 Å². The molecular weight excluding hydrogens is 443 g/mol. The van der Waals surface area contributed by atoms with Crippen LogP contribution >= 0.6 is 0 Å².